The number of halogens is 5. The van der Waals surface area contributed by atoms with Gasteiger partial charge in [-0.15, -0.1) is 0 Å². The summed E-state index contributed by atoms with van der Waals surface area (Å²) in [7, 11) is 2.91. The van der Waals surface area contributed by atoms with Crippen LogP contribution in [0.25, 0.3) is 0 Å². The molecule has 4 nitrogen and oxygen atoms in total. The van der Waals surface area contributed by atoms with E-state index in [2.05, 4.69) is 4.99 Å². The molecular formula is C20H21F5N2O2. The molecule has 0 saturated heterocycles. The van der Waals surface area contributed by atoms with Gasteiger partial charge in [-0.25, -0.2) is 13.8 Å². The van der Waals surface area contributed by atoms with Crippen LogP contribution in [0.4, 0.5) is 27.6 Å². The van der Waals surface area contributed by atoms with Gasteiger partial charge in [0.2, 0.25) is 5.60 Å². The fourth-order valence-corrected chi connectivity index (χ4v) is 2.70. The summed E-state index contributed by atoms with van der Waals surface area (Å²) < 4.78 is 74.0. The molecule has 2 rings (SSSR count). The lowest BCUT2D eigenvalue weighted by Crippen LogP contribution is -2.43. The highest BCUT2D eigenvalue weighted by molar-refractivity contribution is 5.66. The molecule has 0 amide bonds. The van der Waals surface area contributed by atoms with Crippen molar-refractivity contribution in [2.75, 3.05) is 20.7 Å². The lowest BCUT2D eigenvalue weighted by atomic mass is 9.84. The minimum atomic E-state index is -5.25. The van der Waals surface area contributed by atoms with Gasteiger partial charge < -0.3 is 14.7 Å². The number of aliphatic hydroxyl groups is 1. The Morgan fingerprint density at radius 3 is 2.31 bits per heavy atom. The van der Waals surface area contributed by atoms with E-state index in [1.165, 1.54) is 19.3 Å². The van der Waals surface area contributed by atoms with Crippen LogP contribution in [-0.4, -0.2) is 43.2 Å². The van der Waals surface area contributed by atoms with Crippen molar-refractivity contribution in [3.8, 4) is 5.75 Å². The Labute approximate surface area is 165 Å². The third-order valence-corrected chi connectivity index (χ3v) is 4.55. The topological polar surface area (TPSA) is 45.1 Å². The SMILES string of the molecule is CCN(C)/C=N/c1cc(OC)c(C(O)(c2ccc(F)c(F)c2)C(F)(F)F)cc1C. The van der Waals surface area contributed by atoms with Gasteiger partial charge in [0, 0.05) is 30.8 Å². The Morgan fingerprint density at radius 2 is 1.79 bits per heavy atom. The van der Waals surface area contributed by atoms with E-state index in [9.17, 15) is 27.1 Å². The summed E-state index contributed by atoms with van der Waals surface area (Å²) in [6, 6.07) is 3.86. The van der Waals surface area contributed by atoms with Crippen LogP contribution in [0, 0.1) is 18.6 Å². The van der Waals surface area contributed by atoms with E-state index in [0.29, 0.717) is 36.0 Å². The molecule has 0 heterocycles. The fraction of sp³-hybridized carbons (Fsp3) is 0.350. The standard InChI is InChI=1S/C20H21F5N2O2/c1-5-27(3)11-26-17-10-18(29-4)14(8-12(17)2)19(28,20(23,24)25)13-6-7-15(21)16(22)9-13/h6-11,28H,5H2,1-4H3/b26-11+. The summed E-state index contributed by atoms with van der Waals surface area (Å²) in [5, 5.41) is 10.7. The molecule has 0 bridgehead atoms. The maximum atomic E-state index is 14.0. The molecule has 1 unspecified atom stereocenters. The zero-order chi connectivity index (χ0) is 22.0. The van der Waals surface area contributed by atoms with Crippen LogP contribution in [0.1, 0.15) is 23.6 Å². The normalized spacial score (nSPS) is 14.1. The maximum absolute atomic E-state index is 14.0. The van der Waals surface area contributed by atoms with E-state index in [1.807, 2.05) is 6.92 Å². The van der Waals surface area contributed by atoms with Gasteiger partial charge in [-0.1, -0.05) is 6.07 Å². The minimum absolute atomic E-state index is 0.300. The molecule has 0 spiro atoms. The van der Waals surface area contributed by atoms with Crippen molar-refractivity contribution in [1.82, 2.24) is 4.90 Å². The zero-order valence-corrected chi connectivity index (χ0v) is 16.3. The van der Waals surface area contributed by atoms with E-state index in [-0.39, 0.29) is 5.75 Å². The van der Waals surface area contributed by atoms with Crippen molar-refractivity contribution in [3.63, 3.8) is 0 Å². The average Bonchev–Trinajstić information content (AvgIpc) is 2.67. The molecule has 0 aliphatic carbocycles. The molecule has 0 fully saturated rings. The first kappa shape index (κ1) is 22.6. The maximum Gasteiger partial charge on any atom is 0.425 e. The van der Waals surface area contributed by atoms with Gasteiger partial charge in [0.1, 0.15) is 5.75 Å². The van der Waals surface area contributed by atoms with E-state index in [0.717, 1.165) is 13.2 Å². The monoisotopic (exact) mass is 416 g/mol. The number of aryl methyl sites for hydroxylation is 1. The molecule has 9 heteroatoms. The van der Waals surface area contributed by atoms with Crippen LogP contribution in [0.15, 0.2) is 35.3 Å². The Kier molecular flexibility index (Phi) is 6.52. The molecule has 29 heavy (non-hydrogen) atoms. The van der Waals surface area contributed by atoms with Gasteiger partial charge in [0.05, 0.1) is 19.1 Å². The second-order valence-corrected chi connectivity index (χ2v) is 6.49. The molecule has 0 radical (unpaired) electrons. The minimum Gasteiger partial charge on any atom is -0.496 e. The molecule has 0 saturated carbocycles. The molecule has 2 aromatic rings. The Bertz CT molecular complexity index is 914. The van der Waals surface area contributed by atoms with Gasteiger partial charge in [-0.3, -0.25) is 0 Å². The third kappa shape index (κ3) is 4.34. The predicted molar refractivity (Wildman–Crippen MR) is 99.6 cm³/mol. The van der Waals surface area contributed by atoms with Crippen LogP contribution in [-0.2, 0) is 5.60 Å². The Morgan fingerprint density at radius 1 is 1.14 bits per heavy atom. The molecule has 0 aromatic heterocycles. The number of nitrogens with zero attached hydrogens (tertiary/aromatic N) is 2. The number of aliphatic imine (C=N–C) groups is 1. The zero-order valence-electron chi connectivity index (χ0n) is 16.3. The van der Waals surface area contributed by atoms with Crippen molar-refractivity contribution >= 4 is 12.0 Å². The first-order chi connectivity index (χ1) is 13.4. The van der Waals surface area contributed by atoms with Crippen molar-refractivity contribution in [3.05, 3.63) is 58.7 Å². The molecule has 158 valence electrons. The van der Waals surface area contributed by atoms with Crippen LogP contribution in [0.5, 0.6) is 5.75 Å². The number of methoxy groups -OCH3 is 1. The quantitative estimate of drug-likeness (QED) is 0.422. The molecule has 0 aliphatic heterocycles. The summed E-state index contributed by atoms with van der Waals surface area (Å²) in [5.41, 5.74) is -4.49. The van der Waals surface area contributed by atoms with Gasteiger partial charge in [0.15, 0.2) is 11.6 Å². The number of hydrogen-bond acceptors (Lipinski definition) is 3. The van der Waals surface area contributed by atoms with E-state index >= 15 is 0 Å². The van der Waals surface area contributed by atoms with Crippen LogP contribution >= 0.6 is 0 Å². The first-order valence-electron chi connectivity index (χ1n) is 8.63. The highest BCUT2D eigenvalue weighted by Gasteiger charge is 2.58. The molecule has 0 aliphatic rings. The van der Waals surface area contributed by atoms with Crippen molar-refractivity contribution in [2.45, 2.75) is 25.6 Å². The Balaban J connectivity index is 2.73. The summed E-state index contributed by atoms with van der Waals surface area (Å²) in [5.74, 6) is -3.14. The number of hydrogen-bond donors (Lipinski definition) is 1. The van der Waals surface area contributed by atoms with Gasteiger partial charge in [-0.2, -0.15) is 13.2 Å². The van der Waals surface area contributed by atoms with Crippen molar-refractivity contribution < 1.29 is 31.8 Å². The molecular weight excluding hydrogens is 395 g/mol. The number of rotatable bonds is 6. The molecule has 2 aromatic carbocycles. The van der Waals surface area contributed by atoms with Gasteiger partial charge in [-0.05, 0) is 37.6 Å². The van der Waals surface area contributed by atoms with Crippen molar-refractivity contribution in [2.24, 2.45) is 4.99 Å². The van der Waals surface area contributed by atoms with E-state index < -0.39 is 34.5 Å². The third-order valence-electron chi connectivity index (χ3n) is 4.55. The molecule has 1 N–H and O–H groups in total. The molecule has 1 atom stereocenters. The highest BCUT2D eigenvalue weighted by Crippen LogP contribution is 2.48. The largest absolute Gasteiger partial charge is 0.496 e. The Hall–Kier alpha value is -2.68. The average molecular weight is 416 g/mol. The summed E-state index contributed by atoms with van der Waals surface area (Å²) in [6.07, 6.45) is -3.74. The number of alkyl halides is 3. The first-order valence-corrected chi connectivity index (χ1v) is 8.63. The van der Waals surface area contributed by atoms with E-state index in [4.69, 9.17) is 4.74 Å². The number of benzene rings is 2. The lowest BCUT2D eigenvalue weighted by molar-refractivity contribution is -0.248. The second-order valence-electron chi connectivity index (χ2n) is 6.49. The fourth-order valence-electron chi connectivity index (χ4n) is 2.70. The highest BCUT2D eigenvalue weighted by atomic mass is 19.4. The predicted octanol–water partition coefficient (Wildman–Crippen LogP) is 4.69. The van der Waals surface area contributed by atoms with Crippen LogP contribution in [0.3, 0.4) is 0 Å². The van der Waals surface area contributed by atoms with Crippen LogP contribution in [0.2, 0.25) is 0 Å². The second kappa shape index (κ2) is 8.36. The summed E-state index contributed by atoms with van der Waals surface area (Å²) in [6.45, 7) is 4.08. The van der Waals surface area contributed by atoms with Crippen molar-refractivity contribution in [1.29, 1.82) is 0 Å². The van der Waals surface area contributed by atoms with E-state index in [1.54, 1.807) is 11.9 Å². The number of ether oxygens (including phenoxy) is 1. The smallest absolute Gasteiger partial charge is 0.425 e. The van der Waals surface area contributed by atoms with Gasteiger partial charge in [0.25, 0.3) is 0 Å². The van der Waals surface area contributed by atoms with Gasteiger partial charge >= 0.3 is 6.18 Å². The summed E-state index contributed by atoms with van der Waals surface area (Å²) >= 11 is 0. The van der Waals surface area contributed by atoms with Crippen LogP contribution < -0.4 is 4.74 Å². The summed E-state index contributed by atoms with van der Waals surface area (Å²) in [4.78, 5) is 5.97. The lowest BCUT2D eigenvalue weighted by Gasteiger charge is -2.33.